The fourth-order valence-electron chi connectivity index (χ4n) is 3.87. The third kappa shape index (κ3) is 5.02. The van der Waals surface area contributed by atoms with Crippen LogP contribution in [-0.2, 0) is 23.9 Å². The first-order valence-electron chi connectivity index (χ1n) is 9.75. The molecule has 1 aliphatic rings. The molecular formula is C21H27NO8. The van der Waals surface area contributed by atoms with Gasteiger partial charge >= 0.3 is 11.9 Å². The van der Waals surface area contributed by atoms with E-state index in [9.17, 15) is 29.6 Å². The summed E-state index contributed by atoms with van der Waals surface area (Å²) in [5.74, 6) is -6.12. The van der Waals surface area contributed by atoms with Crippen molar-refractivity contribution in [3.8, 4) is 0 Å². The number of Topliss-reactive ketones (excluding diaryl/α,β-unsaturated/α-hetero) is 1. The Morgan fingerprint density at radius 3 is 2.27 bits per heavy atom. The van der Waals surface area contributed by atoms with E-state index in [2.05, 4.69) is 0 Å². The van der Waals surface area contributed by atoms with Gasteiger partial charge in [-0.2, -0.15) is 0 Å². The molecule has 1 aliphatic carbocycles. The van der Waals surface area contributed by atoms with Gasteiger partial charge in [-0.3, -0.25) is 24.5 Å². The monoisotopic (exact) mass is 421 g/mol. The number of benzene rings is 1. The molecule has 1 fully saturated rings. The normalized spacial score (nSPS) is 26.5. The summed E-state index contributed by atoms with van der Waals surface area (Å²) in [5.41, 5.74) is -1.88. The van der Waals surface area contributed by atoms with Crippen LogP contribution in [0.3, 0.4) is 0 Å². The third-order valence-corrected chi connectivity index (χ3v) is 4.94. The second kappa shape index (κ2) is 8.91. The first kappa shape index (κ1) is 23.5. The number of nitro benzene ring substituents is 1. The molecule has 2 rings (SSSR count). The fourth-order valence-corrected chi connectivity index (χ4v) is 3.87. The third-order valence-electron chi connectivity index (χ3n) is 4.94. The van der Waals surface area contributed by atoms with Gasteiger partial charge in [-0.05, 0) is 40.2 Å². The number of hydrogen-bond acceptors (Lipinski definition) is 8. The van der Waals surface area contributed by atoms with Gasteiger partial charge in [-0.15, -0.1) is 0 Å². The van der Waals surface area contributed by atoms with Crippen molar-refractivity contribution in [3.05, 3.63) is 39.9 Å². The number of carbonyl (C=O) groups is 3. The number of nitro groups is 1. The van der Waals surface area contributed by atoms with E-state index >= 15 is 0 Å². The highest BCUT2D eigenvalue weighted by Crippen LogP contribution is 2.47. The zero-order chi connectivity index (χ0) is 22.8. The molecular weight excluding hydrogens is 394 g/mol. The lowest BCUT2D eigenvalue weighted by molar-refractivity contribution is -0.385. The van der Waals surface area contributed by atoms with Crippen molar-refractivity contribution in [2.75, 3.05) is 0 Å². The SMILES string of the molecule is CC(C)OC(=O)[C@@H]1C(=O)C[C@](C)(O)[C@H](C(=O)OC(C)C)[C@@H]1c1cccc([N+](=O)[O-])c1. The lowest BCUT2D eigenvalue weighted by atomic mass is 9.61. The van der Waals surface area contributed by atoms with Crippen molar-refractivity contribution in [2.45, 2.75) is 64.8 Å². The number of nitrogens with zero attached hydrogens (tertiary/aromatic N) is 1. The van der Waals surface area contributed by atoms with Gasteiger partial charge in [0.2, 0.25) is 0 Å². The molecule has 0 amide bonds. The Morgan fingerprint density at radius 1 is 1.17 bits per heavy atom. The quantitative estimate of drug-likeness (QED) is 0.321. The second-order valence-corrected chi connectivity index (χ2v) is 8.30. The average molecular weight is 421 g/mol. The van der Waals surface area contributed by atoms with Crippen molar-refractivity contribution in [3.63, 3.8) is 0 Å². The van der Waals surface area contributed by atoms with Crippen LogP contribution < -0.4 is 0 Å². The first-order valence-corrected chi connectivity index (χ1v) is 9.75. The van der Waals surface area contributed by atoms with Crippen LogP contribution in [0, 0.1) is 22.0 Å². The van der Waals surface area contributed by atoms with Gasteiger partial charge in [-0.25, -0.2) is 0 Å². The Bertz CT molecular complexity index is 837. The van der Waals surface area contributed by atoms with Gasteiger partial charge in [0.25, 0.3) is 5.69 Å². The average Bonchev–Trinajstić information content (AvgIpc) is 2.58. The molecule has 0 radical (unpaired) electrons. The Kier molecular flexibility index (Phi) is 6.97. The summed E-state index contributed by atoms with van der Waals surface area (Å²) < 4.78 is 10.5. The summed E-state index contributed by atoms with van der Waals surface area (Å²) in [5, 5.41) is 22.2. The van der Waals surface area contributed by atoms with Crippen LogP contribution in [0.5, 0.6) is 0 Å². The first-order chi connectivity index (χ1) is 13.8. The van der Waals surface area contributed by atoms with Crippen LogP contribution in [0.15, 0.2) is 24.3 Å². The van der Waals surface area contributed by atoms with Crippen molar-refractivity contribution < 1.29 is 33.9 Å². The largest absolute Gasteiger partial charge is 0.463 e. The van der Waals surface area contributed by atoms with Gasteiger partial charge in [0.15, 0.2) is 5.78 Å². The summed E-state index contributed by atoms with van der Waals surface area (Å²) in [6.07, 6.45) is -1.47. The van der Waals surface area contributed by atoms with Crippen LogP contribution in [0.2, 0.25) is 0 Å². The minimum Gasteiger partial charge on any atom is -0.463 e. The minimum atomic E-state index is -1.81. The Hall–Kier alpha value is -2.81. The number of esters is 2. The van der Waals surface area contributed by atoms with Crippen molar-refractivity contribution >= 4 is 23.4 Å². The summed E-state index contributed by atoms with van der Waals surface area (Å²) in [7, 11) is 0. The molecule has 0 unspecified atom stereocenters. The maximum absolute atomic E-state index is 12.9. The fraction of sp³-hybridized carbons (Fsp3) is 0.571. The predicted octanol–water partition coefficient (Wildman–Crippen LogP) is 2.54. The number of ether oxygens (including phenoxy) is 2. The Balaban J connectivity index is 2.67. The molecule has 1 aromatic carbocycles. The van der Waals surface area contributed by atoms with E-state index in [0.717, 1.165) is 0 Å². The highest BCUT2D eigenvalue weighted by Gasteiger charge is 2.57. The lowest BCUT2D eigenvalue weighted by Crippen LogP contribution is -2.55. The van der Waals surface area contributed by atoms with Crippen molar-refractivity contribution in [1.29, 1.82) is 0 Å². The summed E-state index contributed by atoms with van der Waals surface area (Å²) >= 11 is 0. The summed E-state index contributed by atoms with van der Waals surface area (Å²) in [4.78, 5) is 49.3. The molecule has 4 atom stereocenters. The molecule has 9 heteroatoms. The van der Waals surface area contributed by atoms with E-state index < -0.39 is 64.6 Å². The number of hydrogen-bond donors (Lipinski definition) is 1. The maximum atomic E-state index is 12.9. The van der Waals surface area contributed by atoms with Gasteiger partial charge in [-0.1, -0.05) is 12.1 Å². The van der Waals surface area contributed by atoms with Gasteiger partial charge in [0.05, 0.1) is 28.7 Å². The molecule has 1 aromatic rings. The van der Waals surface area contributed by atoms with Gasteiger partial charge in [0.1, 0.15) is 5.92 Å². The summed E-state index contributed by atoms with van der Waals surface area (Å²) in [6, 6.07) is 5.34. The number of non-ortho nitro benzene ring substituents is 1. The van der Waals surface area contributed by atoms with Crippen LogP contribution in [0.4, 0.5) is 5.69 Å². The zero-order valence-electron chi connectivity index (χ0n) is 17.7. The van der Waals surface area contributed by atoms with Crippen molar-refractivity contribution in [1.82, 2.24) is 0 Å². The summed E-state index contributed by atoms with van der Waals surface area (Å²) in [6.45, 7) is 7.83. The molecule has 0 aromatic heterocycles. The Morgan fingerprint density at radius 2 is 1.73 bits per heavy atom. The molecule has 30 heavy (non-hydrogen) atoms. The zero-order valence-corrected chi connectivity index (χ0v) is 17.7. The van der Waals surface area contributed by atoms with E-state index in [-0.39, 0.29) is 11.3 Å². The molecule has 0 bridgehead atoms. The smallest absolute Gasteiger partial charge is 0.317 e. The Labute approximate surface area is 174 Å². The molecule has 0 heterocycles. The van der Waals surface area contributed by atoms with Crippen LogP contribution in [0.25, 0.3) is 0 Å². The molecule has 0 saturated heterocycles. The van der Waals surface area contributed by atoms with E-state index in [1.165, 1.54) is 31.2 Å². The van der Waals surface area contributed by atoms with Crippen molar-refractivity contribution in [2.24, 2.45) is 11.8 Å². The molecule has 9 nitrogen and oxygen atoms in total. The molecule has 0 spiro atoms. The topological polar surface area (TPSA) is 133 Å². The number of carbonyl (C=O) groups excluding carboxylic acids is 3. The number of ketones is 1. The van der Waals surface area contributed by atoms with E-state index in [1.54, 1.807) is 27.7 Å². The molecule has 0 aliphatic heterocycles. The van der Waals surface area contributed by atoms with Crippen LogP contribution in [-0.4, -0.2) is 45.6 Å². The standard InChI is InChI=1S/C21H27NO8/c1-11(2)29-19(24)17-15(23)10-21(5,26)18(20(25)30-12(3)4)16(17)13-7-6-8-14(9-13)22(27)28/h6-9,11-12,16-18,26H,10H2,1-5H3/t16-,17-,18+,21+/m1/s1. The minimum absolute atomic E-state index is 0.203. The highest BCUT2D eigenvalue weighted by atomic mass is 16.6. The predicted molar refractivity (Wildman–Crippen MR) is 106 cm³/mol. The van der Waals surface area contributed by atoms with E-state index in [0.29, 0.717) is 0 Å². The van der Waals surface area contributed by atoms with Crippen LogP contribution in [0.1, 0.15) is 52.5 Å². The van der Waals surface area contributed by atoms with Gasteiger partial charge < -0.3 is 14.6 Å². The number of rotatable bonds is 6. The lowest BCUT2D eigenvalue weighted by Gasteiger charge is -2.43. The molecule has 164 valence electrons. The molecule has 1 saturated carbocycles. The van der Waals surface area contributed by atoms with E-state index in [1.807, 2.05) is 0 Å². The van der Waals surface area contributed by atoms with Crippen LogP contribution >= 0.6 is 0 Å². The second-order valence-electron chi connectivity index (χ2n) is 8.30. The number of aliphatic hydroxyl groups is 1. The van der Waals surface area contributed by atoms with Gasteiger partial charge in [0, 0.05) is 24.5 Å². The van der Waals surface area contributed by atoms with E-state index in [4.69, 9.17) is 9.47 Å². The molecule has 1 N–H and O–H groups in total. The highest BCUT2D eigenvalue weighted by molar-refractivity contribution is 6.02. The maximum Gasteiger partial charge on any atom is 0.317 e.